The smallest absolute Gasteiger partial charge is 0.462 e. The number of unbranched alkanes of at least 4 members (excludes halogenated alkanes) is 8. The largest absolute Gasteiger partial charge is 0.469 e. The number of aliphatic hydroxyl groups excluding tert-OH is 1. The van der Waals surface area contributed by atoms with Crippen LogP contribution in [0.5, 0.6) is 0 Å². The highest BCUT2D eigenvalue weighted by atomic mass is 31.2. The first-order valence-corrected chi connectivity index (χ1v) is 20.2. The number of hydrogen-bond donors (Lipinski definition) is 3. The van der Waals surface area contributed by atoms with Crippen molar-refractivity contribution in [3.63, 3.8) is 0 Å². The van der Waals surface area contributed by atoms with Gasteiger partial charge in [0.25, 0.3) is 0 Å². The number of phosphoric ester groups is 1. The van der Waals surface area contributed by atoms with Crippen LogP contribution in [-0.2, 0) is 28.2 Å². The van der Waals surface area contributed by atoms with Crippen LogP contribution in [0, 0.1) is 5.92 Å². The zero-order chi connectivity index (χ0) is 37.1. The highest BCUT2D eigenvalue weighted by molar-refractivity contribution is 7.46. The number of phosphoric acid groups is 1. The summed E-state index contributed by atoms with van der Waals surface area (Å²) in [4.78, 5) is 42.7. The molecular weight excluding hydrogens is 655 g/mol. The molecule has 0 aliphatic heterocycles. The van der Waals surface area contributed by atoms with Gasteiger partial charge in [-0.2, -0.15) is 0 Å². The lowest BCUT2D eigenvalue weighted by Gasteiger charge is -2.18. The van der Waals surface area contributed by atoms with E-state index in [1.165, 1.54) is 38.5 Å². The van der Waals surface area contributed by atoms with Crippen LogP contribution in [0.3, 0.4) is 0 Å². The standard InChI is InChI=1S/C40H67O9P/c1-4-5-6-7-8-9-10-11-12-15-18-21-25-30-37(41)31-26-23-28-33-40(43)49-38(35-48-50(44,45)46)34-47-39(42)32-27-22-19-16-13-14-17-20-24-29-36(2)3/h5-6,8-9,11-12,18,21,23,25-26,30,36-38,41H,4,7,10,13-17,19-20,22,24,27-29,31-35H2,1-3H3,(H2,44,45,46)/b6-5-,9-8-,12-11-,21-18-,26-23-,30-25-/t37?,38-/m1/s1. The first-order chi connectivity index (χ1) is 24.0. The average molecular weight is 723 g/mol. The van der Waals surface area contributed by atoms with Crippen LogP contribution in [-0.4, -0.2) is 52.3 Å². The van der Waals surface area contributed by atoms with Gasteiger partial charge >= 0.3 is 19.8 Å². The van der Waals surface area contributed by atoms with Gasteiger partial charge in [-0.05, 0) is 50.9 Å². The Morgan fingerprint density at radius 2 is 1.26 bits per heavy atom. The normalized spacial score (nSPS) is 14.1. The summed E-state index contributed by atoms with van der Waals surface area (Å²) in [5.41, 5.74) is 0. The van der Waals surface area contributed by atoms with E-state index in [1.807, 2.05) is 12.2 Å². The van der Waals surface area contributed by atoms with Crippen LogP contribution < -0.4 is 0 Å². The van der Waals surface area contributed by atoms with Crippen LogP contribution in [0.25, 0.3) is 0 Å². The second-order valence-electron chi connectivity index (χ2n) is 12.9. The van der Waals surface area contributed by atoms with Crippen molar-refractivity contribution >= 4 is 19.8 Å². The Morgan fingerprint density at radius 3 is 1.86 bits per heavy atom. The van der Waals surface area contributed by atoms with Crippen LogP contribution in [0.4, 0.5) is 0 Å². The molecule has 0 bridgehead atoms. The van der Waals surface area contributed by atoms with Crippen molar-refractivity contribution in [3.05, 3.63) is 72.9 Å². The Bertz CT molecular complexity index is 1070. The fourth-order valence-corrected chi connectivity index (χ4v) is 5.09. The van der Waals surface area contributed by atoms with E-state index in [0.29, 0.717) is 19.3 Å². The molecule has 0 aromatic heterocycles. The van der Waals surface area contributed by atoms with Gasteiger partial charge in [0.1, 0.15) is 6.61 Å². The maximum absolute atomic E-state index is 12.3. The topological polar surface area (TPSA) is 140 Å². The molecule has 3 N–H and O–H groups in total. The van der Waals surface area contributed by atoms with Crippen LogP contribution in [0.15, 0.2) is 72.9 Å². The Kier molecular flexibility index (Phi) is 31.9. The van der Waals surface area contributed by atoms with Gasteiger partial charge in [0.15, 0.2) is 6.10 Å². The molecule has 9 nitrogen and oxygen atoms in total. The third-order valence-electron chi connectivity index (χ3n) is 7.51. The van der Waals surface area contributed by atoms with Gasteiger partial charge < -0.3 is 24.4 Å². The van der Waals surface area contributed by atoms with Gasteiger partial charge in [0, 0.05) is 12.8 Å². The summed E-state index contributed by atoms with van der Waals surface area (Å²) < 4.78 is 26.2. The van der Waals surface area contributed by atoms with E-state index < -0.39 is 38.6 Å². The fourth-order valence-electron chi connectivity index (χ4n) is 4.72. The number of aliphatic hydroxyl groups is 1. The summed E-state index contributed by atoms with van der Waals surface area (Å²) in [5, 5.41) is 10.1. The Balaban J connectivity index is 4.24. The SMILES string of the molecule is CC/C=C\C/C=C\C/C=C\C/C=C\C=C/C(O)C/C=C\CCC(=O)O[C@H](COC(=O)CCCCCCCCCCCC(C)C)COP(=O)(O)O. The third-order valence-corrected chi connectivity index (χ3v) is 8.00. The van der Waals surface area contributed by atoms with Crippen molar-refractivity contribution in [1.29, 1.82) is 0 Å². The number of carbonyl (C=O) groups is 2. The van der Waals surface area contributed by atoms with E-state index in [4.69, 9.17) is 19.3 Å². The molecule has 0 aromatic carbocycles. The second-order valence-corrected chi connectivity index (χ2v) is 14.1. The van der Waals surface area contributed by atoms with Crippen molar-refractivity contribution in [2.24, 2.45) is 5.92 Å². The maximum Gasteiger partial charge on any atom is 0.469 e. The minimum Gasteiger partial charge on any atom is -0.462 e. The molecule has 0 rings (SSSR count). The molecule has 0 aromatic rings. The first-order valence-electron chi connectivity index (χ1n) is 18.7. The summed E-state index contributed by atoms with van der Waals surface area (Å²) in [6.45, 7) is 5.68. The van der Waals surface area contributed by atoms with E-state index in [-0.39, 0.29) is 19.4 Å². The number of carbonyl (C=O) groups excluding carboxylic acids is 2. The summed E-state index contributed by atoms with van der Waals surface area (Å²) in [6.07, 6.45) is 38.1. The number of allylic oxidation sites excluding steroid dienone is 10. The van der Waals surface area contributed by atoms with E-state index >= 15 is 0 Å². The lowest BCUT2D eigenvalue weighted by Crippen LogP contribution is -2.29. The minimum absolute atomic E-state index is 0.00267. The Hall–Kier alpha value is -2.55. The van der Waals surface area contributed by atoms with Gasteiger partial charge in [-0.1, -0.05) is 151 Å². The van der Waals surface area contributed by atoms with Gasteiger partial charge in [-0.25, -0.2) is 4.57 Å². The van der Waals surface area contributed by atoms with E-state index in [9.17, 15) is 19.3 Å². The molecule has 0 aliphatic carbocycles. The molecule has 2 atom stereocenters. The molecule has 0 aliphatic rings. The third kappa shape index (κ3) is 36.7. The van der Waals surface area contributed by atoms with Crippen molar-refractivity contribution in [3.8, 4) is 0 Å². The predicted octanol–water partition coefficient (Wildman–Crippen LogP) is 9.95. The maximum atomic E-state index is 12.3. The van der Waals surface area contributed by atoms with Gasteiger partial charge in [0.2, 0.25) is 0 Å². The zero-order valence-corrected chi connectivity index (χ0v) is 31.9. The molecule has 50 heavy (non-hydrogen) atoms. The van der Waals surface area contributed by atoms with Crippen molar-refractivity contribution in [1.82, 2.24) is 0 Å². The summed E-state index contributed by atoms with van der Waals surface area (Å²) in [7, 11) is -4.80. The summed E-state index contributed by atoms with van der Waals surface area (Å²) >= 11 is 0. The number of esters is 2. The molecule has 1 unspecified atom stereocenters. The highest BCUT2D eigenvalue weighted by Gasteiger charge is 2.22. The van der Waals surface area contributed by atoms with Crippen LogP contribution in [0.1, 0.15) is 136 Å². The zero-order valence-electron chi connectivity index (χ0n) is 31.0. The molecule has 0 heterocycles. The molecule has 0 amide bonds. The summed E-state index contributed by atoms with van der Waals surface area (Å²) in [6, 6.07) is 0. The lowest BCUT2D eigenvalue weighted by molar-refractivity contribution is -0.161. The van der Waals surface area contributed by atoms with Gasteiger partial charge in [-0.15, -0.1) is 0 Å². The first kappa shape index (κ1) is 47.4. The Labute approximate surface area is 302 Å². The molecule has 0 spiro atoms. The fraction of sp³-hybridized carbons (Fsp3) is 0.650. The quantitative estimate of drug-likeness (QED) is 0.0203. The van der Waals surface area contributed by atoms with Crippen molar-refractivity contribution in [2.45, 2.75) is 149 Å². The lowest BCUT2D eigenvalue weighted by atomic mass is 10.0. The molecule has 0 fully saturated rings. The molecule has 286 valence electrons. The molecular formula is C40H67O9P. The van der Waals surface area contributed by atoms with Crippen molar-refractivity contribution < 1.29 is 43.0 Å². The predicted molar refractivity (Wildman–Crippen MR) is 203 cm³/mol. The van der Waals surface area contributed by atoms with Crippen LogP contribution in [0.2, 0.25) is 0 Å². The van der Waals surface area contributed by atoms with Crippen LogP contribution >= 0.6 is 7.82 Å². The van der Waals surface area contributed by atoms with Crippen molar-refractivity contribution in [2.75, 3.05) is 13.2 Å². The molecule has 10 heteroatoms. The molecule has 0 saturated carbocycles. The van der Waals surface area contributed by atoms with E-state index in [0.717, 1.165) is 50.9 Å². The monoisotopic (exact) mass is 722 g/mol. The number of ether oxygens (including phenoxy) is 2. The van der Waals surface area contributed by atoms with E-state index in [1.54, 1.807) is 24.3 Å². The number of hydrogen-bond acceptors (Lipinski definition) is 7. The summed E-state index contributed by atoms with van der Waals surface area (Å²) in [5.74, 6) is -0.299. The Morgan fingerprint density at radius 1 is 0.680 bits per heavy atom. The van der Waals surface area contributed by atoms with E-state index in [2.05, 4.69) is 61.8 Å². The number of rotatable bonds is 32. The van der Waals surface area contributed by atoms with Gasteiger partial charge in [-0.3, -0.25) is 14.1 Å². The minimum atomic E-state index is -4.80. The molecule has 0 radical (unpaired) electrons. The highest BCUT2D eigenvalue weighted by Crippen LogP contribution is 2.35. The second kappa shape index (κ2) is 33.6. The average Bonchev–Trinajstić information content (AvgIpc) is 3.06. The van der Waals surface area contributed by atoms with Gasteiger partial charge in [0.05, 0.1) is 12.7 Å². The molecule has 0 saturated heterocycles.